The van der Waals surface area contributed by atoms with Gasteiger partial charge in [0.05, 0.1) is 10.7 Å². The van der Waals surface area contributed by atoms with Crippen LogP contribution in [0.4, 0.5) is 14.6 Å². The molecule has 2 aliphatic carbocycles. The Morgan fingerprint density at radius 1 is 1.26 bits per heavy atom. The highest BCUT2D eigenvalue weighted by molar-refractivity contribution is 6.30. The number of pyridine rings is 1. The Morgan fingerprint density at radius 2 is 2.11 bits per heavy atom. The first-order valence-electron chi connectivity index (χ1n) is 8.51. The van der Waals surface area contributed by atoms with Crippen molar-refractivity contribution in [3.05, 3.63) is 70.1 Å². The maximum absolute atomic E-state index is 14.3. The van der Waals surface area contributed by atoms with Crippen LogP contribution in [0.3, 0.4) is 0 Å². The van der Waals surface area contributed by atoms with E-state index in [0.717, 1.165) is 30.2 Å². The number of rotatable bonds is 3. The molecule has 1 N–H and O–H groups in total. The summed E-state index contributed by atoms with van der Waals surface area (Å²) >= 11 is 5.81. The molecule has 1 amide bonds. The predicted octanol–water partition coefficient (Wildman–Crippen LogP) is 4.11. The van der Waals surface area contributed by atoms with Crippen molar-refractivity contribution in [1.82, 2.24) is 14.8 Å². The molecule has 3 aromatic rings. The first-order chi connectivity index (χ1) is 13.0. The minimum absolute atomic E-state index is 0.142. The third kappa shape index (κ3) is 2.70. The Kier molecular flexibility index (Phi) is 3.55. The molecular weight excluding hydrogens is 374 g/mol. The maximum Gasteiger partial charge on any atom is 0.277 e. The standard InChI is InChI=1S/C19H13ClF2N4O/c20-10-1-4-16(23-8-10)24-19(27)17-13-6-9-5-12(9)18(13)26(25-17)15-3-2-11(21)7-14(15)22/h1-4,7-9,12H,5-6H2,(H,23,24,27)/t9-,12-/m1/s1. The van der Waals surface area contributed by atoms with Crippen molar-refractivity contribution in [3.8, 4) is 5.69 Å². The summed E-state index contributed by atoms with van der Waals surface area (Å²) in [6.45, 7) is 0. The van der Waals surface area contributed by atoms with Crippen molar-refractivity contribution in [2.45, 2.75) is 18.8 Å². The molecule has 2 heterocycles. The van der Waals surface area contributed by atoms with Crippen LogP contribution in [0.2, 0.25) is 5.02 Å². The zero-order valence-electron chi connectivity index (χ0n) is 13.9. The fraction of sp³-hybridized carbons (Fsp3) is 0.211. The van der Waals surface area contributed by atoms with E-state index in [1.165, 1.54) is 23.0 Å². The number of benzene rings is 1. The smallest absolute Gasteiger partial charge is 0.277 e. The predicted molar refractivity (Wildman–Crippen MR) is 95.2 cm³/mol. The molecule has 8 heteroatoms. The van der Waals surface area contributed by atoms with E-state index < -0.39 is 17.5 Å². The summed E-state index contributed by atoms with van der Waals surface area (Å²) in [7, 11) is 0. The van der Waals surface area contributed by atoms with Crippen LogP contribution < -0.4 is 5.32 Å². The molecule has 0 aliphatic heterocycles. The molecule has 2 aliphatic rings. The highest BCUT2D eigenvalue weighted by Gasteiger charge is 2.50. The number of amides is 1. The molecule has 1 aromatic carbocycles. The van der Waals surface area contributed by atoms with Gasteiger partial charge in [-0.3, -0.25) is 4.79 Å². The molecule has 136 valence electrons. The Bertz CT molecular complexity index is 1080. The summed E-state index contributed by atoms with van der Waals surface area (Å²) in [4.78, 5) is 16.8. The van der Waals surface area contributed by atoms with E-state index in [9.17, 15) is 13.6 Å². The molecule has 2 atom stereocenters. The summed E-state index contributed by atoms with van der Waals surface area (Å²) in [5, 5.41) is 7.53. The van der Waals surface area contributed by atoms with Gasteiger partial charge in [0, 0.05) is 23.7 Å². The van der Waals surface area contributed by atoms with Gasteiger partial charge in [0.2, 0.25) is 0 Å². The fourth-order valence-electron chi connectivity index (χ4n) is 3.76. The number of carbonyl (C=O) groups excluding carboxylic acids is 1. The zero-order valence-corrected chi connectivity index (χ0v) is 14.7. The van der Waals surface area contributed by atoms with Crippen LogP contribution in [-0.2, 0) is 6.42 Å². The Hall–Kier alpha value is -2.80. The number of fused-ring (bicyclic) bond motifs is 3. The first-order valence-corrected chi connectivity index (χ1v) is 8.89. The topological polar surface area (TPSA) is 59.8 Å². The van der Waals surface area contributed by atoms with Gasteiger partial charge in [0.1, 0.15) is 17.3 Å². The average Bonchev–Trinajstić information content (AvgIpc) is 3.14. The molecule has 5 nitrogen and oxygen atoms in total. The fourth-order valence-corrected chi connectivity index (χ4v) is 3.87. The van der Waals surface area contributed by atoms with Crippen LogP contribution in [0.5, 0.6) is 0 Å². The molecule has 2 aromatic heterocycles. The van der Waals surface area contributed by atoms with Gasteiger partial charge in [0.15, 0.2) is 11.5 Å². The van der Waals surface area contributed by atoms with Gasteiger partial charge in [-0.15, -0.1) is 0 Å². The van der Waals surface area contributed by atoms with Crippen LogP contribution in [0.25, 0.3) is 5.69 Å². The summed E-state index contributed by atoms with van der Waals surface area (Å²) < 4.78 is 29.0. The SMILES string of the molecule is O=C(Nc1ccc(Cl)cn1)c1nn(-c2ccc(F)cc2F)c2c1C[C@H]1C[C@@H]21. The van der Waals surface area contributed by atoms with Gasteiger partial charge in [-0.1, -0.05) is 11.6 Å². The van der Waals surface area contributed by atoms with Gasteiger partial charge < -0.3 is 5.32 Å². The van der Waals surface area contributed by atoms with Crippen molar-refractivity contribution in [2.75, 3.05) is 5.32 Å². The monoisotopic (exact) mass is 386 g/mol. The quantitative estimate of drug-likeness (QED) is 0.737. The van der Waals surface area contributed by atoms with Crippen molar-refractivity contribution < 1.29 is 13.6 Å². The van der Waals surface area contributed by atoms with E-state index in [0.29, 0.717) is 16.8 Å². The third-order valence-electron chi connectivity index (χ3n) is 5.09. The van der Waals surface area contributed by atoms with E-state index in [1.54, 1.807) is 12.1 Å². The molecule has 27 heavy (non-hydrogen) atoms. The zero-order chi connectivity index (χ0) is 18.7. The van der Waals surface area contributed by atoms with Gasteiger partial charge in [0.25, 0.3) is 5.91 Å². The van der Waals surface area contributed by atoms with Crippen LogP contribution >= 0.6 is 11.6 Å². The highest BCUT2D eigenvalue weighted by atomic mass is 35.5. The summed E-state index contributed by atoms with van der Waals surface area (Å²) in [6.07, 6.45) is 3.17. The summed E-state index contributed by atoms with van der Waals surface area (Å²) in [5.74, 6) is -0.695. The molecule has 1 saturated carbocycles. The van der Waals surface area contributed by atoms with Crippen molar-refractivity contribution in [2.24, 2.45) is 5.92 Å². The molecule has 5 rings (SSSR count). The average molecular weight is 387 g/mol. The summed E-state index contributed by atoms with van der Waals surface area (Å²) in [6, 6.07) is 6.56. The molecular formula is C19H13ClF2N4O. The number of carbonyl (C=O) groups is 1. The van der Waals surface area contributed by atoms with E-state index in [2.05, 4.69) is 15.4 Å². The van der Waals surface area contributed by atoms with Crippen molar-refractivity contribution in [3.63, 3.8) is 0 Å². The minimum Gasteiger partial charge on any atom is -0.305 e. The molecule has 0 saturated heterocycles. The Balaban J connectivity index is 1.55. The van der Waals surface area contributed by atoms with Crippen LogP contribution in [0, 0.1) is 17.6 Å². The van der Waals surface area contributed by atoms with E-state index in [1.807, 2.05) is 0 Å². The number of hydrogen-bond acceptors (Lipinski definition) is 3. The molecule has 1 fully saturated rings. The van der Waals surface area contributed by atoms with Gasteiger partial charge in [-0.25, -0.2) is 18.4 Å². The lowest BCUT2D eigenvalue weighted by Gasteiger charge is -2.07. The van der Waals surface area contributed by atoms with Gasteiger partial charge >= 0.3 is 0 Å². The molecule has 0 radical (unpaired) electrons. The number of aromatic nitrogens is 3. The lowest BCUT2D eigenvalue weighted by molar-refractivity contribution is 0.102. The Labute approximate surface area is 158 Å². The number of halogens is 3. The second-order valence-corrected chi connectivity index (χ2v) is 7.28. The normalized spacial score (nSPS) is 19.5. The van der Waals surface area contributed by atoms with Crippen molar-refractivity contribution in [1.29, 1.82) is 0 Å². The van der Waals surface area contributed by atoms with E-state index >= 15 is 0 Å². The largest absolute Gasteiger partial charge is 0.305 e. The third-order valence-corrected chi connectivity index (χ3v) is 5.31. The van der Waals surface area contributed by atoms with Crippen LogP contribution in [0.1, 0.15) is 34.1 Å². The van der Waals surface area contributed by atoms with Crippen LogP contribution in [0.15, 0.2) is 36.5 Å². The maximum atomic E-state index is 14.3. The van der Waals surface area contributed by atoms with Gasteiger partial charge in [-0.2, -0.15) is 5.10 Å². The lowest BCUT2D eigenvalue weighted by atomic mass is 10.1. The van der Waals surface area contributed by atoms with E-state index in [4.69, 9.17) is 11.6 Å². The lowest BCUT2D eigenvalue weighted by Crippen LogP contribution is -2.16. The Morgan fingerprint density at radius 3 is 2.85 bits per heavy atom. The molecule has 0 unspecified atom stereocenters. The summed E-state index contributed by atoms with van der Waals surface area (Å²) in [5.41, 5.74) is 2.06. The number of anilines is 1. The molecule has 0 spiro atoms. The number of nitrogens with zero attached hydrogens (tertiary/aromatic N) is 3. The molecule has 0 bridgehead atoms. The second-order valence-electron chi connectivity index (χ2n) is 6.84. The van der Waals surface area contributed by atoms with Crippen LogP contribution in [-0.4, -0.2) is 20.7 Å². The minimum atomic E-state index is -0.712. The number of hydrogen-bond donors (Lipinski definition) is 1. The van der Waals surface area contributed by atoms with Crippen molar-refractivity contribution >= 4 is 23.3 Å². The highest BCUT2D eigenvalue weighted by Crippen LogP contribution is 2.57. The van der Waals surface area contributed by atoms with E-state index in [-0.39, 0.29) is 17.3 Å². The second kappa shape index (κ2) is 5.85. The number of nitrogens with one attached hydrogen (secondary N) is 1. The van der Waals surface area contributed by atoms with Gasteiger partial charge in [-0.05, 0) is 43.0 Å². The first kappa shape index (κ1) is 16.4.